The number of rotatable bonds is 6. The van der Waals surface area contributed by atoms with E-state index in [1.54, 1.807) is 13.4 Å². The summed E-state index contributed by atoms with van der Waals surface area (Å²) in [5, 5.41) is 0. The molecule has 0 saturated heterocycles. The molecule has 2 heterocycles. The van der Waals surface area contributed by atoms with E-state index in [9.17, 15) is 4.79 Å². The highest BCUT2D eigenvalue weighted by atomic mass is 16.6. The quantitative estimate of drug-likeness (QED) is 0.815. The Morgan fingerprint density at radius 3 is 3.12 bits per heavy atom. The fraction of sp³-hybridized carbons (Fsp3) is 0.444. The van der Waals surface area contributed by atoms with Crippen molar-refractivity contribution < 1.29 is 14.3 Å². The van der Waals surface area contributed by atoms with E-state index < -0.39 is 0 Å². The number of imidazole rings is 1. The van der Waals surface area contributed by atoms with Gasteiger partial charge >= 0.3 is 6.09 Å². The second kappa shape index (κ2) is 7.92. The summed E-state index contributed by atoms with van der Waals surface area (Å²) in [7, 11) is 1.72. The van der Waals surface area contributed by atoms with Crippen LogP contribution >= 0.6 is 0 Å². The van der Waals surface area contributed by atoms with Crippen molar-refractivity contribution in [3.05, 3.63) is 36.4 Å². The Kier molecular flexibility index (Phi) is 5.42. The number of H-pyrrole nitrogens is 1. The lowest BCUT2D eigenvalue weighted by Gasteiger charge is -2.31. The Bertz CT molecular complexity index is 702. The number of benzene rings is 1. The Labute approximate surface area is 147 Å². The van der Waals surface area contributed by atoms with Crippen LogP contribution in [0.1, 0.15) is 25.5 Å². The molecule has 7 nitrogen and oxygen atoms in total. The number of carbonyl (C=O) groups is 1. The minimum atomic E-state index is -0.344. The zero-order chi connectivity index (χ0) is 17.6. The van der Waals surface area contributed by atoms with Crippen LogP contribution in [0.15, 0.2) is 30.7 Å². The number of nitrogens with zero attached hydrogens (tertiary/aromatic N) is 3. The maximum Gasteiger partial charge on any atom is 0.414 e. The van der Waals surface area contributed by atoms with Gasteiger partial charge in [0.15, 0.2) is 0 Å². The van der Waals surface area contributed by atoms with Gasteiger partial charge < -0.3 is 19.4 Å². The first-order valence-corrected chi connectivity index (χ1v) is 8.59. The van der Waals surface area contributed by atoms with Gasteiger partial charge in [-0.15, -0.1) is 0 Å². The van der Waals surface area contributed by atoms with E-state index in [-0.39, 0.29) is 6.09 Å². The first-order valence-electron chi connectivity index (χ1n) is 8.59. The van der Waals surface area contributed by atoms with Crippen molar-refractivity contribution in [1.29, 1.82) is 0 Å². The van der Waals surface area contributed by atoms with Gasteiger partial charge in [0.25, 0.3) is 0 Å². The van der Waals surface area contributed by atoms with Crippen molar-refractivity contribution in [2.75, 3.05) is 36.6 Å². The monoisotopic (exact) mass is 344 g/mol. The summed E-state index contributed by atoms with van der Waals surface area (Å²) in [5.41, 5.74) is 2.70. The molecule has 1 aliphatic rings. The lowest BCUT2D eigenvalue weighted by atomic mass is 10.2. The van der Waals surface area contributed by atoms with Crippen molar-refractivity contribution in [1.82, 2.24) is 9.97 Å². The summed E-state index contributed by atoms with van der Waals surface area (Å²) in [6, 6.07) is 5.73. The summed E-state index contributed by atoms with van der Waals surface area (Å²) in [6.07, 6.45) is 5.08. The second-order valence-corrected chi connectivity index (χ2v) is 6.01. The highest BCUT2D eigenvalue weighted by Crippen LogP contribution is 2.35. The molecule has 0 fully saturated rings. The van der Waals surface area contributed by atoms with Crippen LogP contribution in [0.25, 0.3) is 0 Å². The maximum absolute atomic E-state index is 12.2. The fourth-order valence-corrected chi connectivity index (χ4v) is 2.71. The number of nitrogens with one attached hydrogen (secondary N) is 1. The summed E-state index contributed by atoms with van der Waals surface area (Å²) < 4.78 is 11.0. The number of unbranched alkanes of at least 4 members (excludes halogenated alkanes) is 1. The topological polar surface area (TPSA) is 70.7 Å². The molecule has 25 heavy (non-hydrogen) atoms. The molecule has 3 rings (SSSR count). The van der Waals surface area contributed by atoms with Crippen LogP contribution in [-0.4, -0.2) is 42.9 Å². The van der Waals surface area contributed by atoms with Crippen molar-refractivity contribution >= 4 is 17.5 Å². The predicted octanol–water partition coefficient (Wildman–Crippen LogP) is 3.18. The summed E-state index contributed by atoms with van der Waals surface area (Å²) >= 11 is 0. The van der Waals surface area contributed by atoms with E-state index >= 15 is 0 Å². The molecule has 1 N–H and O–H groups in total. The van der Waals surface area contributed by atoms with Crippen LogP contribution in [0.3, 0.4) is 0 Å². The average Bonchev–Trinajstić information content (AvgIpc) is 3.14. The standard InChI is InChI=1S/C18H24N4O3/c1-3-4-8-25-18(23)21(2)15-5-6-17-16(10-15)22(7-9-24-17)12-14-11-19-13-20-14/h5-6,10-11,13H,3-4,7-9,12H2,1-2H3,(H,19,20). The van der Waals surface area contributed by atoms with Crippen LogP contribution < -0.4 is 14.5 Å². The minimum absolute atomic E-state index is 0.344. The number of fused-ring (bicyclic) bond motifs is 1. The van der Waals surface area contributed by atoms with E-state index in [0.717, 1.165) is 42.2 Å². The van der Waals surface area contributed by atoms with E-state index in [2.05, 4.69) is 21.8 Å². The molecule has 0 radical (unpaired) electrons. The molecule has 1 aliphatic heterocycles. The zero-order valence-electron chi connectivity index (χ0n) is 14.7. The van der Waals surface area contributed by atoms with Crippen molar-refractivity contribution in [2.24, 2.45) is 0 Å². The molecular weight excluding hydrogens is 320 g/mol. The third-order valence-electron chi connectivity index (χ3n) is 4.19. The number of aromatic nitrogens is 2. The number of hydrogen-bond acceptors (Lipinski definition) is 5. The molecule has 0 spiro atoms. The molecular formula is C18H24N4O3. The lowest BCUT2D eigenvalue weighted by Crippen LogP contribution is -2.33. The van der Waals surface area contributed by atoms with Crippen LogP contribution in [0.5, 0.6) is 5.75 Å². The van der Waals surface area contributed by atoms with E-state index in [4.69, 9.17) is 9.47 Å². The normalized spacial score (nSPS) is 13.1. The van der Waals surface area contributed by atoms with Crippen molar-refractivity contribution in [3.63, 3.8) is 0 Å². The van der Waals surface area contributed by atoms with E-state index in [0.29, 0.717) is 19.8 Å². The van der Waals surface area contributed by atoms with Gasteiger partial charge in [-0.1, -0.05) is 13.3 Å². The molecule has 0 unspecified atom stereocenters. The van der Waals surface area contributed by atoms with Gasteiger partial charge in [-0.2, -0.15) is 0 Å². The van der Waals surface area contributed by atoms with Gasteiger partial charge in [0.1, 0.15) is 12.4 Å². The molecule has 1 aromatic heterocycles. The number of hydrogen-bond donors (Lipinski definition) is 1. The first kappa shape index (κ1) is 17.1. The van der Waals surface area contributed by atoms with Crippen molar-refractivity contribution in [2.45, 2.75) is 26.3 Å². The first-order chi connectivity index (χ1) is 12.2. The van der Waals surface area contributed by atoms with Gasteiger partial charge in [-0.3, -0.25) is 4.90 Å². The van der Waals surface area contributed by atoms with Crippen molar-refractivity contribution in [3.8, 4) is 5.75 Å². The molecule has 7 heteroatoms. The number of carbonyl (C=O) groups excluding carboxylic acids is 1. The third-order valence-corrected chi connectivity index (χ3v) is 4.19. The van der Waals surface area contributed by atoms with Gasteiger partial charge in [0, 0.05) is 18.9 Å². The number of aromatic amines is 1. The Morgan fingerprint density at radius 1 is 1.48 bits per heavy atom. The highest BCUT2D eigenvalue weighted by molar-refractivity contribution is 5.88. The van der Waals surface area contributed by atoms with Crippen LogP contribution in [0.4, 0.5) is 16.2 Å². The maximum atomic E-state index is 12.2. The van der Waals surface area contributed by atoms with Crippen LogP contribution in [-0.2, 0) is 11.3 Å². The van der Waals surface area contributed by atoms with Gasteiger partial charge in [0.05, 0.1) is 37.4 Å². The lowest BCUT2D eigenvalue weighted by molar-refractivity contribution is 0.153. The van der Waals surface area contributed by atoms with Gasteiger partial charge in [-0.25, -0.2) is 9.78 Å². The number of amides is 1. The molecule has 2 aromatic rings. The molecule has 0 bridgehead atoms. The minimum Gasteiger partial charge on any atom is -0.490 e. The van der Waals surface area contributed by atoms with Gasteiger partial charge in [0.2, 0.25) is 0 Å². The highest BCUT2D eigenvalue weighted by Gasteiger charge is 2.21. The molecule has 1 aromatic carbocycles. The van der Waals surface area contributed by atoms with Gasteiger partial charge in [-0.05, 0) is 24.6 Å². The largest absolute Gasteiger partial charge is 0.490 e. The summed E-state index contributed by atoms with van der Waals surface area (Å²) in [5.74, 6) is 0.818. The average molecular weight is 344 g/mol. The molecule has 0 atom stereocenters. The van der Waals surface area contributed by atoms with Crippen LogP contribution in [0.2, 0.25) is 0 Å². The molecule has 1 amide bonds. The Morgan fingerprint density at radius 2 is 2.36 bits per heavy atom. The zero-order valence-corrected chi connectivity index (χ0v) is 14.7. The van der Waals surface area contributed by atoms with Crippen LogP contribution in [0, 0.1) is 0 Å². The Balaban J connectivity index is 1.76. The summed E-state index contributed by atoms with van der Waals surface area (Å²) in [4.78, 5) is 23.2. The molecule has 0 saturated carbocycles. The number of anilines is 2. The van der Waals surface area contributed by atoms with E-state index in [1.807, 2.05) is 24.4 Å². The molecule has 0 aliphatic carbocycles. The SMILES string of the molecule is CCCCOC(=O)N(C)c1ccc2c(c1)N(Cc1c[nH]cn1)CCO2. The Hall–Kier alpha value is -2.70. The second-order valence-electron chi connectivity index (χ2n) is 6.01. The third kappa shape index (κ3) is 4.04. The fourth-order valence-electron chi connectivity index (χ4n) is 2.71. The van der Waals surface area contributed by atoms with E-state index in [1.165, 1.54) is 4.90 Å². The predicted molar refractivity (Wildman–Crippen MR) is 96.2 cm³/mol. The number of ether oxygens (including phenoxy) is 2. The summed E-state index contributed by atoms with van der Waals surface area (Å²) in [6.45, 7) is 4.60. The smallest absolute Gasteiger partial charge is 0.414 e. The molecule has 134 valence electrons.